The lowest BCUT2D eigenvalue weighted by Crippen LogP contribution is -2.29. The van der Waals surface area contributed by atoms with Gasteiger partial charge in [-0.05, 0) is 12.8 Å². The van der Waals surface area contributed by atoms with Crippen LogP contribution >= 0.6 is 0 Å². The van der Waals surface area contributed by atoms with Crippen molar-refractivity contribution in [1.82, 2.24) is 0 Å². The van der Waals surface area contributed by atoms with Crippen LogP contribution in [0.4, 0.5) is 13.2 Å². The molecule has 0 saturated carbocycles. The highest BCUT2D eigenvalue weighted by atomic mass is 19.3. The second-order valence-corrected chi connectivity index (χ2v) is 4.89. The fraction of sp³-hybridized carbons (Fsp3) is 1.00. The Labute approximate surface area is 104 Å². The van der Waals surface area contributed by atoms with Crippen molar-refractivity contribution in [3.63, 3.8) is 0 Å². The molecular weight excluding hydrogens is 225 g/mol. The summed E-state index contributed by atoms with van der Waals surface area (Å²) in [5, 5.41) is 0. The zero-order valence-corrected chi connectivity index (χ0v) is 11.3. The lowest BCUT2D eigenvalue weighted by Gasteiger charge is -2.20. The van der Waals surface area contributed by atoms with Crippen molar-refractivity contribution in [2.45, 2.75) is 90.1 Å². The second kappa shape index (κ2) is 9.78. The fourth-order valence-corrected chi connectivity index (χ4v) is 1.91. The number of hydrogen-bond donors (Lipinski definition) is 0. The summed E-state index contributed by atoms with van der Waals surface area (Å²) in [5.74, 6) is -3.11. The minimum Gasteiger partial charge on any atom is -0.241 e. The van der Waals surface area contributed by atoms with Gasteiger partial charge in [-0.15, -0.1) is 0 Å². The Hall–Kier alpha value is -0.210. The smallest absolute Gasteiger partial charge is 0.241 e. The minimum atomic E-state index is -3.11. The van der Waals surface area contributed by atoms with Crippen molar-refractivity contribution in [1.29, 1.82) is 0 Å². The first-order chi connectivity index (χ1) is 8.04. The molecule has 0 aliphatic rings. The van der Waals surface area contributed by atoms with Crippen LogP contribution in [0.15, 0.2) is 0 Å². The van der Waals surface area contributed by atoms with Crippen LogP contribution in [0.1, 0.15) is 78.1 Å². The van der Waals surface area contributed by atoms with Crippen LogP contribution < -0.4 is 0 Å². The van der Waals surface area contributed by atoms with E-state index in [1.807, 2.05) is 6.92 Å². The van der Waals surface area contributed by atoms with E-state index < -0.39 is 12.1 Å². The van der Waals surface area contributed by atoms with Gasteiger partial charge in [0.15, 0.2) is 6.17 Å². The number of rotatable bonds is 11. The Kier molecular flexibility index (Phi) is 9.66. The SMILES string of the molecule is CCCCCCC(F)C(F)(F)CCCCCC. The Bertz CT molecular complexity index is 169. The molecular formula is C14H27F3. The summed E-state index contributed by atoms with van der Waals surface area (Å²) in [5.41, 5.74) is 0. The van der Waals surface area contributed by atoms with Gasteiger partial charge in [-0.3, -0.25) is 0 Å². The van der Waals surface area contributed by atoms with Gasteiger partial charge < -0.3 is 0 Å². The van der Waals surface area contributed by atoms with Crippen molar-refractivity contribution in [3.05, 3.63) is 0 Å². The van der Waals surface area contributed by atoms with Gasteiger partial charge in [0.05, 0.1) is 0 Å². The third-order valence-corrected chi connectivity index (χ3v) is 3.13. The average Bonchev–Trinajstić information content (AvgIpc) is 2.30. The molecule has 0 rings (SSSR count). The predicted octanol–water partition coefficient (Wildman–Crippen LogP) is 5.90. The summed E-state index contributed by atoms with van der Waals surface area (Å²) >= 11 is 0. The Morgan fingerprint density at radius 2 is 1.35 bits per heavy atom. The largest absolute Gasteiger partial charge is 0.278 e. The van der Waals surface area contributed by atoms with Crippen LogP contribution in [0.2, 0.25) is 0 Å². The van der Waals surface area contributed by atoms with E-state index in [2.05, 4.69) is 6.92 Å². The number of halogens is 3. The fourth-order valence-electron chi connectivity index (χ4n) is 1.91. The van der Waals surface area contributed by atoms with Crippen LogP contribution in [0.25, 0.3) is 0 Å². The highest BCUT2D eigenvalue weighted by Gasteiger charge is 2.38. The summed E-state index contributed by atoms with van der Waals surface area (Å²) in [6, 6.07) is 0. The molecule has 0 nitrogen and oxygen atoms in total. The van der Waals surface area contributed by atoms with Gasteiger partial charge in [0.1, 0.15) is 0 Å². The van der Waals surface area contributed by atoms with E-state index in [-0.39, 0.29) is 12.8 Å². The third kappa shape index (κ3) is 8.50. The molecule has 0 aliphatic carbocycles. The molecule has 0 bridgehead atoms. The minimum absolute atomic E-state index is 0.0147. The van der Waals surface area contributed by atoms with Crippen LogP contribution in [0.3, 0.4) is 0 Å². The normalized spacial score (nSPS) is 13.9. The van der Waals surface area contributed by atoms with Gasteiger partial charge in [0, 0.05) is 6.42 Å². The molecule has 0 aromatic heterocycles. The van der Waals surface area contributed by atoms with Gasteiger partial charge >= 0.3 is 0 Å². The first-order valence-corrected chi connectivity index (χ1v) is 7.06. The third-order valence-electron chi connectivity index (χ3n) is 3.13. The van der Waals surface area contributed by atoms with Gasteiger partial charge in [0.25, 0.3) is 5.92 Å². The van der Waals surface area contributed by atoms with Gasteiger partial charge in [-0.2, -0.15) is 0 Å². The van der Waals surface area contributed by atoms with E-state index in [1.165, 1.54) is 0 Å². The van der Waals surface area contributed by atoms with E-state index in [0.717, 1.165) is 38.5 Å². The van der Waals surface area contributed by atoms with Crippen molar-refractivity contribution in [2.24, 2.45) is 0 Å². The van der Waals surface area contributed by atoms with Gasteiger partial charge in [-0.1, -0.05) is 58.8 Å². The summed E-state index contributed by atoms with van der Waals surface area (Å²) in [6.07, 6.45) is 4.49. The molecule has 0 radical (unpaired) electrons. The summed E-state index contributed by atoms with van der Waals surface area (Å²) in [7, 11) is 0. The summed E-state index contributed by atoms with van der Waals surface area (Å²) in [6.45, 7) is 4.08. The monoisotopic (exact) mass is 252 g/mol. The van der Waals surface area contributed by atoms with E-state index in [0.29, 0.717) is 12.8 Å². The van der Waals surface area contributed by atoms with Crippen LogP contribution in [-0.4, -0.2) is 12.1 Å². The molecule has 0 aromatic rings. The second-order valence-electron chi connectivity index (χ2n) is 4.89. The first kappa shape index (κ1) is 16.8. The van der Waals surface area contributed by atoms with Crippen LogP contribution in [-0.2, 0) is 0 Å². The molecule has 17 heavy (non-hydrogen) atoms. The van der Waals surface area contributed by atoms with Crippen LogP contribution in [0.5, 0.6) is 0 Å². The van der Waals surface area contributed by atoms with E-state index in [4.69, 9.17) is 0 Å². The molecule has 0 heterocycles. The zero-order chi connectivity index (χ0) is 13.1. The Morgan fingerprint density at radius 1 is 0.824 bits per heavy atom. The molecule has 0 N–H and O–H groups in total. The van der Waals surface area contributed by atoms with Crippen molar-refractivity contribution >= 4 is 0 Å². The highest BCUT2D eigenvalue weighted by Crippen LogP contribution is 2.31. The molecule has 0 spiro atoms. The lowest BCUT2D eigenvalue weighted by atomic mass is 10.0. The quantitative estimate of drug-likeness (QED) is 0.401. The Balaban J connectivity index is 3.69. The standard InChI is InChI=1S/C14H27F3/c1-3-5-7-9-11-13(15)14(16,17)12-10-8-6-4-2/h13H,3-12H2,1-2H3. The topological polar surface area (TPSA) is 0 Å². The zero-order valence-electron chi connectivity index (χ0n) is 11.3. The molecule has 104 valence electrons. The van der Waals surface area contributed by atoms with Crippen molar-refractivity contribution < 1.29 is 13.2 Å². The van der Waals surface area contributed by atoms with Gasteiger partial charge in [-0.25, -0.2) is 13.2 Å². The average molecular weight is 252 g/mol. The van der Waals surface area contributed by atoms with Crippen LogP contribution in [0, 0.1) is 0 Å². The maximum Gasteiger partial charge on any atom is 0.278 e. The van der Waals surface area contributed by atoms with Crippen molar-refractivity contribution in [3.8, 4) is 0 Å². The molecule has 0 fully saturated rings. The number of hydrogen-bond acceptors (Lipinski definition) is 0. The van der Waals surface area contributed by atoms with E-state index in [1.54, 1.807) is 0 Å². The summed E-state index contributed by atoms with van der Waals surface area (Å²) in [4.78, 5) is 0. The molecule has 3 heteroatoms. The highest BCUT2D eigenvalue weighted by molar-refractivity contribution is 4.76. The van der Waals surface area contributed by atoms with Crippen molar-refractivity contribution in [2.75, 3.05) is 0 Å². The summed E-state index contributed by atoms with van der Waals surface area (Å²) < 4.78 is 40.1. The number of unbranched alkanes of at least 4 members (excludes halogenated alkanes) is 6. The predicted molar refractivity (Wildman–Crippen MR) is 67.4 cm³/mol. The maximum atomic E-state index is 13.4. The first-order valence-electron chi connectivity index (χ1n) is 7.06. The molecule has 1 unspecified atom stereocenters. The Morgan fingerprint density at radius 3 is 1.88 bits per heavy atom. The molecule has 0 aromatic carbocycles. The van der Waals surface area contributed by atoms with Gasteiger partial charge in [0.2, 0.25) is 0 Å². The van der Waals surface area contributed by atoms with E-state index >= 15 is 0 Å². The van der Waals surface area contributed by atoms with E-state index in [9.17, 15) is 13.2 Å². The molecule has 0 amide bonds. The molecule has 0 aliphatic heterocycles. The maximum absolute atomic E-state index is 13.4. The number of alkyl halides is 3. The lowest BCUT2D eigenvalue weighted by molar-refractivity contribution is -0.0831. The molecule has 1 atom stereocenters. The molecule has 0 saturated heterocycles.